The number of nitrogens with one attached hydrogen (secondary N) is 1. The molecule has 9 nitrogen and oxygen atoms in total. The second-order valence-electron chi connectivity index (χ2n) is 13.2. The maximum Gasteiger partial charge on any atom is 0.161 e. The third-order valence-corrected chi connectivity index (χ3v) is 8.92. The van der Waals surface area contributed by atoms with Gasteiger partial charge in [0.2, 0.25) is 0 Å². The quantitative estimate of drug-likeness (QED) is 0.286. The van der Waals surface area contributed by atoms with Crippen molar-refractivity contribution in [3.05, 3.63) is 48.2 Å². The van der Waals surface area contributed by atoms with Crippen molar-refractivity contribution < 1.29 is 9.84 Å². The molecule has 0 radical (unpaired) electrons. The minimum atomic E-state index is -0.594. The maximum absolute atomic E-state index is 10.9. The van der Waals surface area contributed by atoms with Crippen molar-refractivity contribution in [1.82, 2.24) is 29.4 Å². The van der Waals surface area contributed by atoms with Crippen LogP contribution in [0.5, 0.6) is 0 Å². The molecule has 6 rings (SSSR count). The van der Waals surface area contributed by atoms with Crippen LogP contribution in [0.15, 0.2) is 36.8 Å². The molecule has 0 spiro atoms. The van der Waals surface area contributed by atoms with Gasteiger partial charge < -0.3 is 25.1 Å². The number of nitrogens with two attached hydrogens (primary N) is 1. The molecule has 214 valence electrons. The van der Waals surface area contributed by atoms with E-state index in [4.69, 9.17) is 15.5 Å². The summed E-state index contributed by atoms with van der Waals surface area (Å²) in [4.78, 5) is 19.4. The highest BCUT2D eigenvalue weighted by Gasteiger charge is 2.40. The number of fused-ring (bicyclic) bond motifs is 2. The Bertz CT molecular complexity index is 1480. The van der Waals surface area contributed by atoms with E-state index in [9.17, 15) is 5.11 Å². The minimum Gasteiger partial charge on any atom is -0.388 e. The first-order valence-electron chi connectivity index (χ1n) is 14.7. The fourth-order valence-electron chi connectivity index (χ4n) is 6.51. The molecule has 3 aromatic heterocycles. The van der Waals surface area contributed by atoms with Gasteiger partial charge in [-0.05, 0) is 68.2 Å². The molecule has 9 heteroatoms. The van der Waals surface area contributed by atoms with Crippen LogP contribution in [0.25, 0.3) is 22.1 Å². The number of aliphatic hydroxyl groups is 1. The molecule has 4 aromatic rings. The second-order valence-corrected chi connectivity index (χ2v) is 13.2. The largest absolute Gasteiger partial charge is 0.388 e. The van der Waals surface area contributed by atoms with Crippen LogP contribution in [-0.2, 0) is 16.6 Å². The molecule has 3 atom stereocenters. The van der Waals surface area contributed by atoms with Crippen molar-refractivity contribution in [3.8, 4) is 0 Å². The Kier molecular flexibility index (Phi) is 7.09. The number of hydrogen-bond donors (Lipinski definition) is 3. The average Bonchev–Trinajstić information content (AvgIpc) is 3.57. The van der Waals surface area contributed by atoms with E-state index in [-0.39, 0.29) is 11.5 Å². The zero-order valence-electron chi connectivity index (χ0n) is 24.3. The molecule has 4 N–H and O–H groups in total. The summed E-state index contributed by atoms with van der Waals surface area (Å²) in [5, 5.41) is 11.7. The first kappa shape index (κ1) is 27.2. The molecule has 0 amide bonds. The Morgan fingerprint density at radius 2 is 1.98 bits per heavy atom. The van der Waals surface area contributed by atoms with Crippen molar-refractivity contribution >= 4 is 27.9 Å². The first-order valence-corrected chi connectivity index (χ1v) is 14.7. The van der Waals surface area contributed by atoms with E-state index >= 15 is 0 Å². The highest BCUT2D eigenvalue weighted by atomic mass is 16.5. The molecule has 1 aliphatic carbocycles. The molecular weight excluding hydrogens is 502 g/mol. The molecule has 40 heavy (non-hydrogen) atoms. The molecule has 0 bridgehead atoms. The van der Waals surface area contributed by atoms with Gasteiger partial charge in [-0.3, -0.25) is 4.90 Å². The van der Waals surface area contributed by atoms with Gasteiger partial charge in [0.1, 0.15) is 29.7 Å². The molecule has 1 saturated carbocycles. The monoisotopic (exact) mass is 545 g/mol. The van der Waals surface area contributed by atoms with Crippen LogP contribution in [0, 0.1) is 5.92 Å². The minimum absolute atomic E-state index is 0.0355. The zero-order chi connectivity index (χ0) is 28.2. The summed E-state index contributed by atoms with van der Waals surface area (Å²) in [5.74, 6) is 2.24. The van der Waals surface area contributed by atoms with Gasteiger partial charge >= 0.3 is 0 Å². The molecule has 2 aliphatic rings. The second kappa shape index (κ2) is 10.4. The lowest BCUT2D eigenvalue weighted by Gasteiger charge is -2.46. The number of H-pyrrole nitrogens is 1. The van der Waals surface area contributed by atoms with Gasteiger partial charge in [0.25, 0.3) is 0 Å². The molecule has 1 aliphatic heterocycles. The molecule has 1 saturated heterocycles. The Labute approximate surface area is 236 Å². The van der Waals surface area contributed by atoms with E-state index in [1.54, 1.807) is 0 Å². The predicted octanol–water partition coefficient (Wildman–Crippen LogP) is 4.96. The van der Waals surface area contributed by atoms with Gasteiger partial charge in [0.15, 0.2) is 6.23 Å². The predicted molar refractivity (Wildman–Crippen MR) is 158 cm³/mol. The SMILES string of the molecule is CC(C)N(C[C@@H]1C[C@@H](O)[C@H](n2ccc3c(N)ncnc32)O1)C1CC(CCc2nc3ccc(C(C)(C)C)cc3[nH]2)C1. The van der Waals surface area contributed by atoms with E-state index in [1.165, 1.54) is 24.7 Å². The number of imidazole rings is 1. The number of hydrogen-bond acceptors (Lipinski definition) is 7. The summed E-state index contributed by atoms with van der Waals surface area (Å²) in [6.07, 6.45) is 7.38. The van der Waals surface area contributed by atoms with Gasteiger partial charge in [0, 0.05) is 37.7 Å². The zero-order valence-corrected chi connectivity index (χ0v) is 24.3. The highest BCUT2D eigenvalue weighted by molar-refractivity contribution is 5.86. The van der Waals surface area contributed by atoms with Crippen molar-refractivity contribution in [1.29, 1.82) is 0 Å². The Morgan fingerprint density at radius 3 is 2.73 bits per heavy atom. The van der Waals surface area contributed by atoms with Crippen molar-refractivity contribution in [3.63, 3.8) is 0 Å². The Balaban J connectivity index is 1.03. The smallest absolute Gasteiger partial charge is 0.161 e. The van der Waals surface area contributed by atoms with Crippen LogP contribution in [0.1, 0.15) is 77.9 Å². The fraction of sp³-hybridized carbons (Fsp3) is 0.581. The van der Waals surface area contributed by atoms with Crippen LogP contribution < -0.4 is 5.73 Å². The third-order valence-electron chi connectivity index (χ3n) is 8.92. The van der Waals surface area contributed by atoms with Gasteiger partial charge in [0.05, 0.1) is 22.5 Å². The number of ether oxygens (including phenoxy) is 1. The number of nitrogen functional groups attached to an aromatic ring is 1. The van der Waals surface area contributed by atoms with Crippen LogP contribution in [0.2, 0.25) is 0 Å². The van der Waals surface area contributed by atoms with Crippen LogP contribution >= 0.6 is 0 Å². The van der Waals surface area contributed by atoms with Crippen molar-refractivity contribution in [2.45, 2.75) is 103 Å². The number of aromatic nitrogens is 5. The van der Waals surface area contributed by atoms with Crippen LogP contribution in [-0.4, -0.2) is 65.3 Å². The number of anilines is 1. The molecule has 0 unspecified atom stereocenters. The summed E-state index contributed by atoms with van der Waals surface area (Å²) >= 11 is 0. The summed E-state index contributed by atoms with van der Waals surface area (Å²) in [6, 6.07) is 9.44. The summed E-state index contributed by atoms with van der Waals surface area (Å²) < 4.78 is 8.30. The number of aromatic amines is 1. The highest BCUT2D eigenvalue weighted by Crippen LogP contribution is 2.38. The number of aliphatic hydroxyl groups excluding tert-OH is 1. The molecule has 2 fully saturated rings. The summed E-state index contributed by atoms with van der Waals surface area (Å²) in [5.41, 5.74) is 10.4. The first-order chi connectivity index (χ1) is 19.1. The normalized spacial score (nSPS) is 25.4. The molecule has 1 aromatic carbocycles. The number of aryl methyl sites for hydroxylation is 1. The maximum atomic E-state index is 10.9. The Morgan fingerprint density at radius 1 is 1.18 bits per heavy atom. The van der Waals surface area contributed by atoms with Gasteiger partial charge in [-0.1, -0.05) is 26.8 Å². The van der Waals surface area contributed by atoms with Gasteiger partial charge in [-0.15, -0.1) is 0 Å². The lowest BCUT2D eigenvalue weighted by Crippen LogP contribution is -2.50. The molecular formula is C31H43N7O2. The van der Waals surface area contributed by atoms with E-state index < -0.39 is 12.3 Å². The molecule has 4 heterocycles. The van der Waals surface area contributed by atoms with Gasteiger partial charge in [-0.2, -0.15) is 0 Å². The lowest BCUT2D eigenvalue weighted by molar-refractivity contribution is -0.0575. The van der Waals surface area contributed by atoms with E-state index in [0.717, 1.165) is 41.6 Å². The average molecular weight is 546 g/mol. The van der Waals surface area contributed by atoms with E-state index in [2.05, 4.69) is 72.7 Å². The van der Waals surface area contributed by atoms with Gasteiger partial charge in [-0.25, -0.2) is 15.0 Å². The van der Waals surface area contributed by atoms with Crippen LogP contribution in [0.3, 0.4) is 0 Å². The third kappa shape index (κ3) is 5.22. The summed E-state index contributed by atoms with van der Waals surface area (Å²) in [6.45, 7) is 12.1. The summed E-state index contributed by atoms with van der Waals surface area (Å²) in [7, 11) is 0. The van der Waals surface area contributed by atoms with E-state index in [1.807, 2.05) is 16.8 Å². The number of nitrogens with zero attached hydrogens (tertiary/aromatic N) is 5. The van der Waals surface area contributed by atoms with E-state index in [0.29, 0.717) is 35.9 Å². The van der Waals surface area contributed by atoms with Crippen molar-refractivity contribution in [2.24, 2.45) is 5.92 Å². The van der Waals surface area contributed by atoms with Crippen molar-refractivity contribution in [2.75, 3.05) is 12.3 Å². The number of rotatable bonds is 8. The number of benzene rings is 1. The fourth-order valence-corrected chi connectivity index (χ4v) is 6.51. The van der Waals surface area contributed by atoms with Crippen LogP contribution in [0.4, 0.5) is 5.82 Å². The standard InChI is InChI=1S/C31H43N7O2/c1-18(2)38(16-22-15-26(39)30(40-22)37-11-10-23-28(32)33-17-34-29(23)37)21-12-19(13-21)6-9-27-35-24-8-7-20(31(3,4)5)14-25(24)36-27/h7-8,10-11,14,17-19,21-22,26,30,39H,6,9,12-13,15-16H2,1-5H3,(H,35,36)(H2,32,33,34)/t19?,21?,22-,26+,30+/m0/s1. The lowest BCUT2D eigenvalue weighted by atomic mass is 9.76. The topological polar surface area (TPSA) is 118 Å². The Hall–Kier alpha value is -3.01.